The molecule has 0 amide bonds. The van der Waals surface area contributed by atoms with Crippen LogP contribution in [0.5, 0.6) is 5.75 Å². The molecule has 0 aliphatic rings. The van der Waals surface area contributed by atoms with Gasteiger partial charge in [0.25, 0.3) is 0 Å². The zero-order chi connectivity index (χ0) is 29.4. The lowest BCUT2D eigenvalue weighted by molar-refractivity contribution is -0.138. The molecule has 3 N–H and O–H groups in total. The maximum Gasteiger partial charge on any atom is 0.303 e. The van der Waals surface area contributed by atoms with Crippen LogP contribution < -0.4 is 0 Å². The van der Waals surface area contributed by atoms with Gasteiger partial charge in [-0.1, -0.05) is 114 Å². The number of aromatic hydroxyl groups is 1. The van der Waals surface area contributed by atoms with Gasteiger partial charge in [-0.25, -0.2) is 0 Å². The van der Waals surface area contributed by atoms with E-state index in [4.69, 9.17) is 10.2 Å². The second-order valence-corrected chi connectivity index (χ2v) is 10.7. The first kappa shape index (κ1) is 34.9. The third kappa shape index (κ3) is 17.5. The van der Waals surface area contributed by atoms with Crippen molar-refractivity contribution in [2.45, 2.75) is 122 Å². The van der Waals surface area contributed by atoms with E-state index in [0.29, 0.717) is 12.8 Å². The Bertz CT molecular complexity index is 964. The third-order valence-electron chi connectivity index (χ3n) is 7.11. The fraction of sp³-hybridized carbons (Fsp3) is 0.543. The van der Waals surface area contributed by atoms with Crippen molar-refractivity contribution >= 4 is 11.9 Å². The minimum Gasteiger partial charge on any atom is -0.508 e. The van der Waals surface area contributed by atoms with Crippen LogP contribution >= 0.6 is 0 Å². The van der Waals surface area contributed by atoms with Crippen LogP contribution in [0.2, 0.25) is 0 Å². The number of hydrogen-bond acceptors (Lipinski definition) is 3. The zero-order valence-corrected chi connectivity index (χ0v) is 24.8. The summed E-state index contributed by atoms with van der Waals surface area (Å²) in [5.74, 6) is -1.01. The Morgan fingerprint density at radius 1 is 0.700 bits per heavy atom. The lowest BCUT2D eigenvalue weighted by Crippen LogP contribution is -2.01. The minimum atomic E-state index is -0.765. The number of phenolic OH excluding ortho intramolecular Hbond substituents is 1. The molecule has 222 valence electrons. The lowest BCUT2D eigenvalue weighted by atomic mass is 9.89. The number of aliphatic carboxylic acids is 2. The number of carbonyl (C=O) groups is 2. The van der Waals surface area contributed by atoms with Crippen molar-refractivity contribution in [2.75, 3.05) is 0 Å². The summed E-state index contributed by atoms with van der Waals surface area (Å²) in [7, 11) is 0. The summed E-state index contributed by atoms with van der Waals surface area (Å²) in [6.07, 6.45) is 22.0. The molecular weight excluding hydrogens is 500 g/mol. The van der Waals surface area contributed by atoms with Crippen molar-refractivity contribution in [1.29, 1.82) is 0 Å². The summed E-state index contributed by atoms with van der Waals surface area (Å²) >= 11 is 0. The van der Waals surface area contributed by atoms with Crippen molar-refractivity contribution < 1.29 is 24.9 Å². The van der Waals surface area contributed by atoms with E-state index < -0.39 is 11.9 Å². The Kier molecular flexibility index (Phi) is 19.8. The first-order valence-electron chi connectivity index (χ1n) is 15.3. The molecule has 2 aromatic rings. The van der Waals surface area contributed by atoms with Gasteiger partial charge in [-0.05, 0) is 73.3 Å². The van der Waals surface area contributed by atoms with E-state index >= 15 is 0 Å². The first-order valence-corrected chi connectivity index (χ1v) is 15.3. The van der Waals surface area contributed by atoms with Crippen LogP contribution in [0.1, 0.15) is 128 Å². The fourth-order valence-corrected chi connectivity index (χ4v) is 4.67. The zero-order valence-electron chi connectivity index (χ0n) is 24.8. The van der Waals surface area contributed by atoms with Crippen molar-refractivity contribution in [3.63, 3.8) is 0 Å². The summed E-state index contributed by atoms with van der Waals surface area (Å²) in [4.78, 5) is 21.0. The van der Waals surface area contributed by atoms with Crippen LogP contribution in [0.4, 0.5) is 0 Å². The van der Waals surface area contributed by atoms with Crippen molar-refractivity contribution in [3.05, 3.63) is 66.2 Å². The Morgan fingerprint density at radius 3 is 1.80 bits per heavy atom. The van der Waals surface area contributed by atoms with E-state index in [0.717, 1.165) is 29.5 Å². The summed E-state index contributed by atoms with van der Waals surface area (Å²) in [5.41, 5.74) is 3.26. The summed E-state index contributed by atoms with van der Waals surface area (Å²) in [6.45, 7) is 4.30. The molecule has 40 heavy (non-hydrogen) atoms. The van der Waals surface area contributed by atoms with E-state index in [-0.39, 0.29) is 18.1 Å². The number of benzene rings is 2. The third-order valence-corrected chi connectivity index (χ3v) is 7.11. The second kappa shape index (κ2) is 22.7. The van der Waals surface area contributed by atoms with E-state index in [1.807, 2.05) is 43.3 Å². The number of unbranched alkanes of at least 4 members (excludes halogenated alkanes) is 11. The predicted molar refractivity (Wildman–Crippen MR) is 166 cm³/mol. The van der Waals surface area contributed by atoms with Gasteiger partial charge in [-0.3, -0.25) is 9.59 Å². The highest BCUT2D eigenvalue weighted by atomic mass is 16.4. The highest BCUT2D eigenvalue weighted by molar-refractivity contribution is 5.69. The maximum absolute atomic E-state index is 10.7. The summed E-state index contributed by atoms with van der Waals surface area (Å²) in [5, 5.41) is 26.7. The molecule has 0 aliphatic carbocycles. The van der Waals surface area contributed by atoms with E-state index in [1.165, 1.54) is 70.6 Å². The largest absolute Gasteiger partial charge is 0.508 e. The minimum absolute atomic E-state index is 0.172. The monoisotopic (exact) mass is 552 g/mol. The number of allylic oxidation sites excluding steroid dienone is 2. The molecule has 0 aromatic heterocycles. The van der Waals surface area contributed by atoms with Gasteiger partial charge >= 0.3 is 11.9 Å². The second-order valence-electron chi connectivity index (χ2n) is 10.7. The topological polar surface area (TPSA) is 94.8 Å². The molecule has 1 unspecified atom stereocenters. The Hall–Kier alpha value is -3.08. The molecule has 0 saturated heterocycles. The number of rotatable bonds is 20. The summed E-state index contributed by atoms with van der Waals surface area (Å²) in [6, 6.07) is 15.1. The van der Waals surface area contributed by atoms with Gasteiger partial charge in [-0.15, -0.1) is 0 Å². The van der Waals surface area contributed by atoms with Gasteiger partial charge in [0.15, 0.2) is 0 Å². The number of carboxylic acids is 2. The van der Waals surface area contributed by atoms with Crippen molar-refractivity contribution in [2.24, 2.45) is 0 Å². The number of carboxylic acid groups (broad SMARTS) is 2. The van der Waals surface area contributed by atoms with Gasteiger partial charge in [0.2, 0.25) is 0 Å². The van der Waals surface area contributed by atoms with Gasteiger partial charge < -0.3 is 15.3 Å². The molecule has 2 aromatic carbocycles. The highest BCUT2D eigenvalue weighted by Gasteiger charge is 2.13. The fourth-order valence-electron chi connectivity index (χ4n) is 4.67. The van der Waals surface area contributed by atoms with Crippen LogP contribution in [0, 0.1) is 0 Å². The smallest absolute Gasteiger partial charge is 0.303 e. The Labute approximate surface area is 242 Å². The molecule has 0 fully saturated rings. The molecule has 0 aliphatic heterocycles. The SMILES string of the molecule is CC(CCC(=O)O)c1ccccc1-c1ccc(O)cc1.CCCCCCCC/C=C\CCCCCCCC(=O)O. The van der Waals surface area contributed by atoms with E-state index in [1.54, 1.807) is 12.1 Å². The molecule has 2 rings (SSSR count). The number of phenols is 1. The molecule has 0 heterocycles. The molecular formula is C35H52O5. The van der Waals surface area contributed by atoms with Gasteiger partial charge in [-0.2, -0.15) is 0 Å². The Morgan fingerprint density at radius 2 is 1.23 bits per heavy atom. The van der Waals surface area contributed by atoms with Gasteiger partial charge in [0.05, 0.1) is 0 Å². The molecule has 0 spiro atoms. The predicted octanol–water partition coefficient (Wildman–Crippen LogP) is 10.1. The van der Waals surface area contributed by atoms with Crippen LogP contribution in [-0.2, 0) is 9.59 Å². The molecule has 1 atom stereocenters. The molecule has 0 saturated carbocycles. The molecule has 0 radical (unpaired) electrons. The average molecular weight is 553 g/mol. The Balaban J connectivity index is 0.000000400. The standard InChI is InChI=1S/C18H34O2.C17H18O3/c1-2-3-4-5-6-7-8-9-10-11-12-13-14-15-16-17-18(19)20;1-12(6-11-17(19)20)15-4-2-3-5-16(15)13-7-9-14(18)10-8-13/h9-10H,2-8,11-17H2,1H3,(H,19,20);2-5,7-10,12,18H,6,11H2,1H3,(H,19,20)/b10-9-;. The first-order chi connectivity index (χ1) is 19.3. The lowest BCUT2D eigenvalue weighted by Gasteiger charge is -2.16. The molecule has 5 nitrogen and oxygen atoms in total. The van der Waals surface area contributed by atoms with Crippen LogP contribution in [0.15, 0.2) is 60.7 Å². The van der Waals surface area contributed by atoms with Gasteiger partial charge in [0.1, 0.15) is 5.75 Å². The number of hydrogen-bond donors (Lipinski definition) is 3. The summed E-state index contributed by atoms with van der Waals surface area (Å²) < 4.78 is 0. The van der Waals surface area contributed by atoms with Gasteiger partial charge in [0, 0.05) is 12.8 Å². The normalized spacial score (nSPS) is 11.7. The van der Waals surface area contributed by atoms with Crippen molar-refractivity contribution in [3.8, 4) is 16.9 Å². The van der Waals surface area contributed by atoms with E-state index in [9.17, 15) is 14.7 Å². The maximum atomic E-state index is 10.7. The molecule has 0 bridgehead atoms. The van der Waals surface area contributed by atoms with Crippen molar-refractivity contribution in [1.82, 2.24) is 0 Å². The van der Waals surface area contributed by atoms with Crippen LogP contribution in [0.25, 0.3) is 11.1 Å². The highest BCUT2D eigenvalue weighted by Crippen LogP contribution is 2.32. The average Bonchev–Trinajstić information content (AvgIpc) is 2.94. The van der Waals surface area contributed by atoms with Crippen LogP contribution in [-0.4, -0.2) is 27.3 Å². The quantitative estimate of drug-likeness (QED) is 0.112. The van der Waals surface area contributed by atoms with Crippen LogP contribution in [0.3, 0.4) is 0 Å². The molecule has 5 heteroatoms. The van der Waals surface area contributed by atoms with E-state index in [2.05, 4.69) is 19.1 Å².